The monoisotopic (exact) mass is 654 g/mol. The van der Waals surface area contributed by atoms with E-state index in [9.17, 15) is 9.59 Å². The Kier molecular flexibility index (Phi) is 8.97. The molecule has 10 nitrogen and oxygen atoms in total. The number of rotatable bonds is 9. The third kappa shape index (κ3) is 6.17. The Morgan fingerprint density at radius 3 is 1.43 bits per heavy atom. The lowest BCUT2D eigenvalue weighted by Gasteiger charge is -2.20. The van der Waals surface area contributed by atoms with Gasteiger partial charge in [0.1, 0.15) is 22.1 Å². The van der Waals surface area contributed by atoms with Gasteiger partial charge in [0.05, 0.1) is 43.2 Å². The summed E-state index contributed by atoms with van der Waals surface area (Å²) in [6, 6.07) is 17.1. The molecule has 0 spiro atoms. The summed E-state index contributed by atoms with van der Waals surface area (Å²) < 4.78 is 0. The fraction of sp³-hybridized carbons (Fsp3) is 0.235. The first-order valence-corrected chi connectivity index (χ1v) is 15.7. The molecule has 6 aromatic rings. The Morgan fingerprint density at radius 2 is 1.02 bits per heavy atom. The number of aryl methyl sites for hydroxylation is 2. The van der Waals surface area contributed by atoms with E-state index in [4.69, 9.17) is 44.6 Å². The number of carbonyl (C=O) groups excluding carboxylic acids is 2. The Bertz CT molecular complexity index is 2000. The Balaban J connectivity index is 1.04. The van der Waals surface area contributed by atoms with E-state index in [1.165, 1.54) is 0 Å². The van der Waals surface area contributed by atoms with Crippen LogP contribution in [0, 0.1) is 13.8 Å². The Labute approximate surface area is 274 Å². The third-order valence-electron chi connectivity index (χ3n) is 8.11. The molecule has 2 atom stereocenters. The number of amides is 2. The molecule has 12 heteroatoms. The fourth-order valence-electron chi connectivity index (χ4n) is 5.44. The number of halogens is 2. The van der Waals surface area contributed by atoms with Crippen molar-refractivity contribution >= 4 is 79.1 Å². The average molecular weight is 656 g/mol. The predicted molar refractivity (Wildman–Crippen MR) is 183 cm³/mol. The van der Waals surface area contributed by atoms with Crippen LogP contribution < -0.4 is 22.1 Å². The van der Waals surface area contributed by atoms with E-state index in [-0.39, 0.29) is 11.8 Å². The van der Waals surface area contributed by atoms with Crippen LogP contribution in [-0.4, -0.2) is 56.9 Å². The molecule has 6 rings (SSSR count). The highest BCUT2D eigenvalue weighted by Crippen LogP contribution is 2.28. The van der Waals surface area contributed by atoms with Gasteiger partial charge in [-0.15, -0.1) is 0 Å². The van der Waals surface area contributed by atoms with Crippen LogP contribution in [-0.2, 0) is 0 Å². The minimum atomic E-state index is -0.402. The lowest BCUT2D eigenvalue weighted by atomic mass is 10.0. The minimum absolute atomic E-state index is 0.282. The standard InChI is InChI=1S/C34H32Cl2N8O2/c1-17-9-11-21(35)31-27(17)43-29-19(5-3-7-25(29)41-31)33(45)39-15-13-23(37)24(38)14-16-40-34(46)20-6-4-8-26-30(20)44-28-18(2)10-12-22(36)32(28)42-26/h3-12,23-24H,13-16,37-38H2,1-2H3,(H,39,45)(H,40,46). The molecule has 0 aliphatic carbocycles. The first-order chi connectivity index (χ1) is 22.1. The summed E-state index contributed by atoms with van der Waals surface area (Å²) in [5.74, 6) is -0.564. The van der Waals surface area contributed by atoms with Gasteiger partial charge in [-0.3, -0.25) is 9.59 Å². The molecule has 234 valence electrons. The number of carbonyl (C=O) groups is 2. The first-order valence-electron chi connectivity index (χ1n) is 14.9. The van der Waals surface area contributed by atoms with E-state index in [0.717, 1.165) is 11.1 Å². The van der Waals surface area contributed by atoms with Crippen LogP contribution in [0.25, 0.3) is 44.1 Å². The largest absolute Gasteiger partial charge is 0.352 e. The molecule has 46 heavy (non-hydrogen) atoms. The number of nitrogens with one attached hydrogen (secondary N) is 2. The van der Waals surface area contributed by atoms with E-state index >= 15 is 0 Å². The van der Waals surface area contributed by atoms with Crippen LogP contribution in [0.4, 0.5) is 0 Å². The normalized spacial score (nSPS) is 12.9. The van der Waals surface area contributed by atoms with Crippen molar-refractivity contribution in [1.29, 1.82) is 0 Å². The molecule has 2 unspecified atom stereocenters. The molecule has 4 aromatic carbocycles. The number of nitrogens with zero attached hydrogens (tertiary/aromatic N) is 4. The number of nitrogens with two attached hydrogens (primary N) is 2. The Morgan fingerprint density at radius 1 is 0.609 bits per heavy atom. The van der Waals surface area contributed by atoms with Gasteiger partial charge in [0, 0.05) is 25.2 Å². The first kappa shape index (κ1) is 31.5. The minimum Gasteiger partial charge on any atom is -0.352 e. The van der Waals surface area contributed by atoms with Crippen molar-refractivity contribution in [2.75, 3.05) is 13.1 Å². The zero-order valence-corrected chi connectivity index (χ0v) is 26.8. The molecule has 6 N–H and O–H groups in total. The van der Waals surface area contributed by atoms with Gasteiger partial charge in [-0.25, -0.2) is 19.9 Å². The molecule has 0 fully saturated rings. The van der Waals surface area contributed by atoms with E-state index in [0.29, 0.717) is 91.2 Å². The molecule has 2 aromatic heterocycles. The Hall–Kier alpha value is -4.48. The van der Waals surface area contributed by atoms with Gasteiger partial charge in [0.25, 0.3) is 11.8 Å². The molecule has 0 aliphatic heterocycles. The van der Waals surface area contributed by atoms with Crippen molar-refractivity contribution in [3.05, 3.63) is 93.0 Å². The molecule has 0 bridgehead atoms. The molecule has 2 heterocycles. The lowest BCUT2D eigenvalue weighted by Crippen LogP contribution is -2.45. The van der Waals surface area contributed by atoms with Crippen LogP contribution >= 0.6 is 23.2 Å². The van der Waals surface area contributed by atoms with Gasteiger partial charge in [0.15, 0.2) is 0 Å². The number of hydrogen-bond donors (Lipinski definition) is 4. The van der Waals surface area contributed by atoms with E-state index in [2.05, 4.69) is 20.6 Å². The molecule has 2 amide bonds. The number of para-hydroxylation sites is 2. The topological polar surface area (TPSA) is 162 Å². The SMILES string of the molecule is Cc1ccc(Cl)c2nc3cccc(C(=O)NCCC(N)C(N)CCNC(=O)c4cccc5nc6c(Cl)ccc(C)c6nc45)c3nc12. The van der Waals surface area contributed by atoms with Crippen molar-refractivity contribution in [3.63, 3.8) is 0 Å². The van der Waals surface area contributed by atoms with Gasteiger partial charge in [-0.2, -0.15) is 0 Å². The highest BCUT2D eigenvalue weighted by molar-refractivity contribution is 6.35. The smallest absolute Gasteiger partial charge is 0.253 e. The quantitative estimate of drug-likeness (QED) is 0.151. The van der Waals surface area contributed by atoms with Gasteiger partial charge >= 0.3 is 0 Å². The highest BCUT2D eigenvalue weighted by Gasteiger charge is 2.19. The maximum Gasteiger partial charge on any atom is 0.253 e. The number of benzene rings is 4. The van der Waals surface area contributed by atoms with Gasteiger partial charge in [0.2, 0.25) is 0 Å². The highest BCUT2D eigenvalue weighted by atomic mass is 35.5. The molecular formula is C34H32Cl2N8O2. The van der Waals surface area contributed by atoms with Crippen LogP contribution in [0.1, 0.15) is 44.7 Å². The molecule has 0 aliphatic rings. The summed E-state index contributed by atoms with van der Waals surface area (Å²) in [5.41, 5.74) is 20.0. The number of fused-ring (bicyclic) bond motifs is 4. The van der Waals surface area contributed by atoms with Crippen LogP contribution in [0.5, 0.6) is 0 Å². The van der Waals surface area contributed by atoms with Gasteiger partial charge in [-0.05, 0) is 74.2 Å². The van der Waals surface area contributed by atoms with Crippen molar-refractivity contribution in [2.45, 2.75) is 38.8 Å². The van der Waals surface area contributed by atoms with Crippen LogP contribution in [0.3, 0.4) is 0 Å². The fourth-order valence-corrected chi connectivity index (χ4v) is 5.83. The van der Waals surface area contributed by atoms with Gasteiger partial charge < -0.3 is 22.1 Å². The van der Waals surface area contributed by atoms with Crippen molar-refractivity contribution in [3.8, 4) is 0 Å². The second-order valence-corrected chi connectivity index (χ2v) is 12.1. The molecule has 0 radical (unpaired) electrons. The zero-order chi connectivity index (χ0) is 32.5. The summed E-state index contributed by atoms with van der Waals surface area (Å²) >= 11 is 12.7. The second-order valence-electron chi connectivity index (χ2n) is 11.3. The zero-order valence-electron chi connectivity index (χ0n) is 25.3. The second kappa shape index (κ2) is 13.1. The average Bonchev–Trinajstić information content (AvgIpc) is 3.06. The molecular weight excluding hydrogens is 623 g/mol. The van der Waals surface area contributed by atoms with Crippen LogP contribution in [0.15, 0.2) is 60.7 Å². The maximum atomic E-state index is 13.1. The predicted octanol–water partition coefficient (Wildman–Crippen LogP) is 5.40. The van der Waals surface area contributed by atoms with Crippen molar-refractivity contribution < 1.29 is 9.59 Å². The van der Waals surface area contributed by atoms with Crippen molar-refractivity contribution in [2.24, 2.45) is 11.5 Å². The van der Waals surface area contributed by atoms with Crippen molar-refractivity contribution in [1.82, 2.24) is 30.6 Å². The summed E-state index contributed by atoms with van der Waals surface area (Å²) in [6.45, 7) is 4.48. The molecule has 0 saturated carbocycles. The van der Waals surface area contributed by atoms with Gasteiger partial charge in [-0.1, -0.05) is 47.5 Å². The van der Waals surface area contributed by atoms with Crippen LogP contribution in [0.2, 0.25) is 10.0 Å². The maximum absolute atomic E-state index is 13.1. The van der Waals surface area contributed by atoms with E-state index in [1.54, 1.807) is 48.5 Å². The number of aromatic nitrogens is 4. The van der Waals surface area contributed by atoms with E-state index in [1.807, 2.05) is 26.0 Å². The summed E-state index contributed by atoms with van der Waals surface area (Å²) in [7, 11) is 0. The summed E-state index contributed by atoms with van der Waals surface area (Å²) in [4.78, 5) is 45.1. The number of hydrogen-bond acceptors (Lipinski definition) is 8. The molecule has 0 saturated heterocycles. The summed E-state index contributed by atoms with van der Waals surface area (Å²) in [6.07, 6.45) is 0.895. The third-order valence-corrected chi connectivity index (χ3v) is 8.72. The lowest BCUT2D eigenvalue weighted by molar-refractivity contribution is 0.0943. The summed E-state index contributed by atoms with van der Waals surface area (Å²) in [5, 5.41) is 6.86. The van der Waals surface area contributed by atoms with E-state index < -0.39 is 12.1 Å².